The number of nitrogens with one attached hydrogen (secondary N) is 2. The summed E-state index contributed by atoms with van der Waals surface area (Å²) >= 11 is 1.51. The zero-order valence-corrected chi connectivity index (χ0v) is 29.7. The maximum atomic E-state index is 14.5. The molecule has 2 aliphatic heterocycles. The van der Waals surface area contributed by atoms with Gasteiger partial charge in [-0.1, -0.05) is 43.2 Å². The molecule has 2 aromatic heterocycles. The van der Waals surface area contributed by atoms with Crippen LogP contribution in [-0.2, 0) is 23.9 Å². The number of fused-ring (bicyclic) bond motifs is 3. The molecule has 2 aliphatic carbocycles. The molecule has 4 heterocycles. The van der Waals surface area contributed by atoms with E-state index in [0.717, 1.165) is 55.3 Å². The predicted octanol–water partition coefficient (Wildman–Crippen LogP) is 5.70. The molecule has 3 aromatic rings. The average molecular weight is 716 g/mol. The van der Waals surface area contributed by atoms with Gasteiger partial charge in [0.2, 0.25) is 17.7 Å². The first-order chi connectivity index (χ1) is 24.8. The number of ether oxygens (including phenoxy) is 3. The van der Waals surface area contributed by atoms with E-state index in [1.54, 1.807) is 6.92 Å². The Morgan fingerprint density at radius 2 is 1.78 bits per heavy atom. The average Bonchev–Trinajstić information content (AvgIpc) is 3.62. The van der Waals surface area contributed by atoms with Crippen LogP contribution in [0.5, 0.6) is 5.88 Å². The smallest absolute Gasteiger partial charge is 0.408 e. The van der Waals surface area contributed by atoms with E-state index in [1.807, 2.05) is 47.9 Å². The predicted molar refractivity (Wildman–Crippen MR) is 191 cm³/mol. The van der Waals surface area contributed by atoms with E-state index in [-0.39, 0.29) is 31.6 Å². The van der Waals surface area contributed by atoms with E-state index in [1.165, 1.54) is 16.2 Å². The number of nitrogens with zero attached hydrogens (tertiary/aromatic N) is 3. The minimum Gasteiger partial charge on any atom is -0.471 e. The first-order valence-corrected chi connectivity index (χ1v) is 19.1. The van der Waals surface area contributed by atoms with E-state index < -0.39 is 47.6 Å². The first-order valence-electron chi connectivity index (χ1n) is 18.3. The lowest BCUT2D eigenvalue weighted by atomic mass is 10.0. The molecule has 12 nitrogen and oxygen atoms in total. The Morgan fingerprint density at radius 3 is 2.55 bits per heavy atom. The number of amides is 3. The maximum absolute atomic E-state index is 14.5. The summed E-state index contributed by atoms with van der Waals surface area (Å²) in [6.07, 6.45) is 10.5. The number of benzene rings is 1. The molecule has 3 fully saturated rings. The van der Waals surface area contributed by atoms with E-state index >= 15 is 0 Å². The molecule has 2 N–H and O–H groups in total. The molecule has 2 saturated carbocycles. The van der Waals surface area contributed by atoms with Gasteiger partial charge in [0, 0.05) is 12.3 Å². The summed E-state index contributed by atoms with van der Waals surface area (Å²) in [6, 6.07) is 9.54. The van der Waals surface area contributed by atoms with Crippen LogP contribution in [0.4, 0.5) is 4.79 Å². The number of hydrogen-bond donors (Lipinski definition) is 2. The van der Waals surface area contributed by atoms with Gasteiger partial charge in [0.05, 0.1) is 29.1 Å². The van der Waals surface area contributed by atoms with Crippen LogP contribution in [0.3, 0.4) is 0 Å². The number of para-hydroxylation sites is 2. The molecule has 1 aromatic carbocycles. The highest BCUT2D eigenvalue weighted by atomic mass is 32.1. The molecule has 0 unspecified atom stereocenters. The van der Waals surface area contributed by atoms with Crippen LogP contribution in [0.15, 0.2) is 53.9 Å². The highest BCUT2D eigenvalue weighted by Gasteiger charge is 2.62. The maximum Gasteiger partial charge on any atom is 0.408 e. The van der Waals surface area contributed by atoms with E-state index in [2.05, 4.69) is 16.7 Å². The fraction of sp³-hybridized carbons (Fsp3) is 0.526. The molecule has 5 atom stereocenters. The van der Waals surface area contributed by atoms with Crippen molar-refractivity contribution in [1.82, 2.24) is 25.5 Å². The van der Waals surface area contributed by atoms with Crippen molar-refractivity contribution in [3.63, 3.8) is 0 Å². The van der Waals surface area contributed by atoms with Gasteiger partial charge in [-0.3, -0.25) is 9.59 Å². The number of aromatic nitrogens is 2. The Bertz CT molecular complexity index is 1780. The largest absolute Gasteiger partial charge is 0.471 e. The third-order valence-electron chi connectivity index (χ3n) is 10.3. The lowest BCUT2D eigenvalue weighted by Gasteiger charge is -2.29. The van der Waals surface area contributed by atoms with Crippen LogP contribution >= 0.6 is 11.3 Å². The first kappa shape index (κ1) is 34.9. The minimum atomic E-state index is -1.20. The molecule has 1 saturated heterocycles. The Balaban J connectivity index is 1.19. The molecule has 3 amide bonds. The van der Waals surface area contributed by atoms with Gasteiger partial charge < -0.3 is 29.7 Å². The van der Waals surface area contributed by atoms with Gasteiger partial charge in [0.1, 0.15) is 35.5 Å². The molecule has 270 valence electrons. The number of carbonyl (C=O) groups is 4. The highest BCUT2D eigenvalue weighted by molar-refractivity contribution is 7.13. The van der Waals surface area contributed by atoms with Crippen molar-refractivity contribution in [2.45, 2.75) is 107 Å². The zero-order valence-electron chi connectivity index (χ0n) is 28.9. The van der Waals surface area contributed by atoms with Crippen molar-refractivity contribution in [1.29, 1.82) is 0 Å². The highest BCUT2D eigenvalue weighted by Crippen LogP contribution is 2.46. The SMILES string of the molecule is CCOC(=O)[C@@]12C[C@H]1C=CCCCCC[C@H](NC(=O)OC1CCCC1)C(=O)N1C[C@H](Oc3nc4ccccc4nc3-c3cccs3)C[C@H]1C(=O)N2. The third kappa shape index (κ3) is 7.73. The summed E-state index contributed by atoms with van der Waals surface area (Å²) in [4.78, 5) is 67.2. The van der Waals surface area contributed by atoms with Gasteiger partial charge in [0.25, 0.3) is 0 Å². The van der Waals surface area contributed by atoms with Crippen LogP contribution in [-0.4, -0.2) is 81.7 Å². The topological polar surface area (TPSA) is 149 Å². The van der Waals surface area contributed by atoms with Crippen molar-refractivity contribution in [3.05, 3.63) is 53.9 Å². The van der Waals surface area contributed by atoms with Crippen LogP contribution in [0.1, 0.15) is 77.6 Å². The fourth-order valence-corrected chi connectivity index (χ4v) is 8.23. The second kappa shape index (κ2) is 15.4. The molecule has 13 heteroatoms. The van der Waals surface area contributed by atoms with Crippen molar-refractivity contribution < 1.29 is 33.4 Å². The monoisotopic (exact) mass is 715 g/mol. The summed E-state index contributed by atoms with van der Waals surface area (Å²) in [6.45, 7) is 1.99. The number of thiophene rings is 1. The van der Waals surface area contributed by atoms with Crippen molar-refractivity contribution >= 4 is 46.2 Å². The Kier molecular flexibility index (Phi) is 10.5. The number of carbonyl (C=O) groups excluding carboxylic acids is 4. The Hall–Kier alpha value is -4.52. The van der Waals surface area contributed by atoms with Crippen LogP contribution in [0.2, 0.25) is 0 Å². The van der Waals surface area contributed by atoms with Crippen LogP contribution < -0.4 is 15.4 Å². The molecule has 51 heavy (non-hydrogen) atoms. The summed E-state index contributed by atoms with van der Waals surface area (Å²) in [7, 11) is 0. The van der Waals surface area contributed by atoms with Crippen LogP contribution in [0, 0.1) is 5.92 Å². The van der Waals surface area contributed by atoms with Gasteiger partial charge in [-0.15, -0.1) is 11.3 Å². The number of esters is 1. The molecular formula is C38H45N5O7S. The molecule has 4 aliphatic rings. The Labute approximate surface area is 301 Å². The second-order valence-electron chi connectivity index (χ2n) is 13.9. The number of allylic oxidation sites excluding steroid dienone is 1. The number of rotatable bonds is 7. The summed E-state index contributed by atoms with van der Waals surface area (Å²) in [5, 5.41) is 7.81. The molecule has 7 rings (SSSR count). The fourth-order valence-electron chi connectivity index (χ4n) is 7.52. The third-order valence-corrected chi connectivity index (χ3v) is 11.2. The zero-order chi connectivity index (χ0) is 35.4. The summed E-state index contributed by atoms with van der Waals surface area (Å²) in [5.41, 5.74) is 0.754. The summed E-state index contributed by atoms with van der Waals surface area (Å²) < 4.78 is 17.7. The van der Waals surface area contributed by atoms with Gasteiger partial charge >= 0.3 is 12.1 Å². The van der Waals surface area contributed by atoms with Gasteiger partial charge in [-0.2, -0.15) is 0 Å². The van der Waals surface area contributed by atoms with Gasteiger partial charge in [-0.25, -0.2) is 19.6 Å². The van der Waals surface area contributed by atoms with Crippen LogP contribution in [0.25, 0.3) is 21.6 Å². The van der Waals surface area contributed by atoms with Gasteiger partial charge in [0.15, 0.2) is 0 Å². The van der Waals surface area contributed by atoms with E-state index in [0.29, 0.717) is 36.4 Å². The van der Waals surface area contributed by atoms with Gasteiger partial charge in [-0.05, 0) is 81.9 Å². The van der Waals surface area contributed by atoms with Crippen molar-refractivity contribution in [2.75, 3.05) is 13.2 Å². The molecule has 0 radical (unpaired) electrons. The number of hydrogen-bond acceptors (Lipinski definition) is 10. The van der Waals surface area contributed by atoms with E-state index in [9.17, 15) is 19.2 Å². The molecular weight excluding hydrogens is 671 g/mol. The number of alkyl carbamates (subject to hydrolysis) is 1. The van der Waals surface area contributed by atoms with Crippen molar-refractivity contribution in [3.8, 4) is 16.5 Å². The Morgan fingerprint density at radius 1 is 1.00 bits per heavy atom. The normalized spacial score (nSPS) is 27.1. The standard InChI is InChI=1S/C38H45N5O7S/c1-2-48-36(46)38-22-24(38)13-6-4-3-5-7-18-29(41-37(47)50-25-14-8-9-15-25)35(45)43-23-26(21-30(43)33(44)42-38)49-34-32(31-19-12-20-51-31)39-27-16-10-11-17-28(27)40-34/h6,10-13,16-17,19-20,24-26,29-30H,2-5,7-9,14-15,18,21-23H2,1H3,(H,41,47)(H,42,44)/t24-,26-,29+,30+,38-/m1/s1. The van der Waals surface area contributed by atoms with E-state index in [4.69, 9.17) is 24.2 Å². The lowest BCUT2D eigenvalue weighted by Crippen LogP contribution is -2.56. The second-order valence-corrected chi connectivity index (χ2v) is 14.8. The minimum absolute atomic E-state index is 0.0703. The quantitative estimate of drug-likeness (QED) is 0.232. The lowest BCUT2D eigenvalue weighted by molar-refractivity contribution is -0.150. The molecule has 0 bridgehead atoms. The van der Waals surface area contributed by atoms with Crippen molar-refractivity contribution in [2.24, 2.45) is 5.92 Å². The summed E-state index contributed by atoms with van der Waals surface area (Å²) in [5.74, 6) is -1.24. The molecule has 0 spiro atoms.